The van der Waals surface area contributed by atoms with Crippen LogP contribution >= 0.6 is 0 Å². The third-order valence-corrected chi connectivity index (χ3v) is 3.15. The van der Waals surface area contributed by atoms with Crippen LogP contribution in [-0.2, 0) is 19.6 Å². The highest BCUT2D eigenvalue weighted by atomic mass is 32.2. The van der Waals surface area contributed by atoms with Crippen LogP contribution in [0.1, 0.15) is 6.42 Å². The maximum atomic E-state index is 11.0. The Morgan fingerprint density at radius 2 is 1.81 bits per heavy atom. The van der Waals surface area contributed by atoms with Crippen LogP contribution in [0.25, 0.3) is 0 Å². The van der Waals surface area contributed by atoms with E-state index in [2.05, 4.69) is 0 Å². The van der Waals surface area contributed by atoms with E-state index in [4.69, 9.17) is 10.2 Å². The van der Waals surface area contributed by atoms with Gasteiger partial charge in [0.05, 0.1) is 6.26 Å². The zero-order chi connectivity index (χ0) is 12.9. The highest BCUT2D eigenvalue weighted by Crippen LogP contribution is 2.05. The molecular formula is C8H13NO6S. The summed E-state index contributed by atoms with van der Waals surface area (Å²) in [6.07, 6.45) is 1.37. The van der Waals surface area contributed by atoms with E-state index >= 15 is 0 Å². The Labute approximate surface area is 93.0 Å². The molecule has 0 bridgehead atoms. The summed E-state index contributed by atoms with van der Waals surface area (Å²) < 4.78 is 22.9. The summed E-state index contributed by atoms with van der Waals surface area (Å²) in [6.45, 7) is -0.0791. The van der Waals surface area contributed by atoms with Crippen molar-refractivity contribution >= 4 is 22.0 Å². The van der Waals surface area contributed by atoms with Crippen molar-refractivity contribution in [2.24, 2.45) is 0 Å². The van der Waals surface area contributed by atoms with Gasteiger partial charge in [-0.25, -0.2) is 22.3 Å². The largest absolute Gasteiger partial charge is 0.478 e. The van der Waals surface area contributed by atoms with E-state index in [9.17, 15) is 18.0 Å². The average Bonchev–Trinajstić information content (AvgIpc) is 2.08. The van der Waals surface area contributed by atoms with E-state index in [1.54, 1.807) is 0 Å². The lowest BCUT2D eigenvalue weighted by atomic mass is 10.2. The molecular weight excluding hydrogens is 238 g/mol. The van der Waals surface area contributed by atoms with Gasteiger partial charge in [0, 0.05) is 25.2 Å². The molecule has 7 nitrogen and oxygen atoms in total. The van der Waals surface area contributed by atoms with Crippen molar-refractivity contribution in [3.05, 3.63) is 11.6 Å². The quantitative estimate of drug-likeness (QED) is 0.607. The fraction of sp³-hybridized carbons (Fsp3) is 0.500. The summed E-state index contributed by atoms with van der Waals surface area (Å²) in [4.78, 5) is 20.9. The summed E-state index contributed by atoms with van der Waals surface area (Å²) in [7, 11) is -2.10. The molecule has 0 fully saturated rings. The maximum absolute atomic E-state index is 11.0. The number of rotatable bonds is 6. The van der Waals surface area contributed by atoms with Gasteiger partial charge in [0.15, 0.2) is 0 Å². The van der Waals surface area contributed by atoms with E-state index in [1.165, 1.54) is 7.05 Å². The van der Waals surface area contributed by atoms with Gasteiger partial charge in [-0.1, -0.05) is 0 Å². The van der Waals surface area contributed by atoms with Gasteiger partial charge in [-0.05, 0) is 6.42 Å². The number of hydrogen-bond donors (Lipinski definition) is 2. The SMILES string of the molecule is CN(CCC(=CC(=O)O)C(=O)O)S(C)(=O)=O. The fourth-order valence-corrected chi connectivity index (χ4v) is 1.26. The van der Waals surface area contributed by atoms with Crippen molar-refractivity contribution in [3.63, 3.8) is 0 Å². The topological polar surface area (TPSA) is 112 Å². The molecule has 0 rings (SSSR count). The molecule has 0 saturated carbocycles. The summed E-state index contributed by atoms with van der Waals surface area (Å²) in [5.74, 6) is -2.75. The van der Waals surface area contributed by atoms with Gasteiger partial charge in [-0.3, -0.25) is 0 Å². The van der Waals surface area contributed by atoms with Crippen LogP contribution in [0.5, 0.6) is 0 Å². The molecule has 16 heavy (non-hydrogen) atoms. The van der Waals surface area contributed by atoms with Gasteiger partial charge in [0.1, 0.15) is 0 Å². The monoisotopic (exact) mass is 251 g/mol. The van der Waals surface area contributed by atoms with Crippen molar-refractivity contribution in [1.82, 2.24) is 4.31 Å². The number of carboxylic acids is 2. The predicted molar refractivity (Wildman–Crippen MR) is 55.4 cm³/mol. The summed E-state index contributed by atoms with van der Waals surface area (Å²) >= 11 is 0. The molecule has 92 valence electrons. The van der Waals surface area contributed by atoms with Gasteiger partial charge >= 0.3 is 11.9 Å². The molecule has 0 heterocycles. The van der Waals surface area contributed by atoms with Gasteiger partial charge in [0.25, 0.3) is 0 Å². The zero-order valence-electron chi connectivity index (χ0n) is 8.87. The third kappa shape index (κ3) is 5.47. The zero-order valence-corrected chi connectivity index (χ0v) is 9.69. The summed E-state index contributed by atoms with van der Waals surface area (Å²) in [6, 6.07) is 0. The maximum Gasteiger partial charge on any atom is 0.331 e. The van der Waals surface area contributed by atoms with Crippen molar-refractivity contribution in [2.45, 2.75) is 6.42 Å². The first-order chi connectivity index (χ1) is 7.14. The lowest BCUT2D eigenvalue weighted by Crippen LogP contribution is -2.27. The number of hydrogen-bond acceptors (Lipinski definition) is 4. The molecule has 0 aliphatic heterocycles. The van der Waals surface area contributed by atoms with Crippen LogP contribution in [-0.4, -0.2) is 54.7 Å². The minimum absolute atomic E-state index is 0.0791. The molecule has 0 aliphatic rings. The Hall–Kier alpha value is -1.41. The molecule has 0 spiro atoms. The second-order valence-electron chi connectivity index (χ2n) is 3.15. The molecule has 0 unspecified atom stereocenters. The Balaban J connectivity index is 4.59. The highest BCUT2D eigenvalue weighted by molar-refractivity contribution is 7.88. The van der Waals surface area contributed by atoms with E-state index in [0.29, 0.717) is 6.08 Å². The molecule has 0 saturated heterocycles. The van der Waals surface area contributed by atoms with Crippen molar-refractivity contribution in [3.8, 4) is 0 Å². The molecule has 0 aromatic rings. The number of carbonyl (C=O) groups is 2. The highest BCUT2D eigenvalue weighted by Gasteiger charge is 2.15. The smallest absolute Gasteiger partial charge is 0.331 e. The molecule has 0 aliphatic carbocycles. The molecule has 2 N–H and O–H groups in total. The molecule has 0 amide bonds. The Morgan fingerprint density at radius 3 is 2.12 bits per heavy atom. The van der Waals surface area contributed by atoms with Gasteiger partial charge in [-0.2, -0.15) is 0 Å². The first-order valence-corrected chi connectivity index (χ1v) is 6.07. The van der Waals surface area contributed by atoms with E-state index < -0.39 is 22.0 Å². The van der Waals surface area contributed by atoms with E-state index in [1.807, 2.05) is 0 Å². The van der Waals surface area contributed by atoms with Crippen molar-refractivity contribution in [2.75, 3.05) is 19.8 Å². The number of carboxylic acid groups (broad SMARTS) is 2. The standard InChI is InChI=1S/C8H13NO6S/c1-9(16(2,14)15)4-3-6(8(12)13)5-7(10)11/h5H,3-4H2,1-2H3,(H,10,11)(H,12,13). The first-order valence-electron chi connectivity index (χ1n) is 4.22. The fourth-order valence-electron chi connectivity index (χ4n) is 0.834. The van der Waals surface area contributed by atoms with Crippen LogP contribution in [0, 0.1) is 0 Å². The lowest BCUT2D eigenvalue weighted by Gasteiger charge is -2.13. The Morgan fingerprint density at radius 1 is 1.31 bits per heavy atom. The molecule has 0 aromatic carbocycles. The van der Waals surface area contributed by atoms with Gasteiger partial charge in [0.2, 0.25) is 10.0 Å². The second kappa shape index (κ2) is 5.61. The van der Waals surface area contributed by atoms with Gasteiger partial charge < -0.3 is 10.2 Å². The van der Waals surface area contributed by atoms with Crippen molar-refractivity contribution in [1.29, 1.82) is 0 Å². The summed E-state index contributed by atoms with van der Waals surface area (Å²) in [5.41, 5.74) is -0.344. The first kappa shape index (κ1) is 14.6. The minimum Gasteiger partial charge on any atom is -0.478 e. The molecule has 8 heteroatoms. The average molecular weight is 251 g/mol. The number of nitrogens with zero attached hydrogens (tertiary/aromatic N) is 1. The molecule has 0 atom stereocenters. The Bertz CT molecular complexity index is 410. The van der Waals surface area contributed by atoms with Crippen LogP contribution in [0.2, 0.25) is 0 Å². The van der Waals surface area contributed by atoms with Crippen LogP contribution < -0.4 is 0 Å². The van der Waals surface area contributed by atoms with Crippen LogP contribution in [0.3, 0.4) is 0 Å². The number of aliphatic carboxylic acids is 2. The molecule has 0 radical (unpaired) electrons. The second-order valence-corrected chi connectivity index (χ2v) is 5.24. The van der Waals surface area contributed by atoms with E-state index in [0.717, 1.165) is 10.6 Å². The lowest BCUT2D eigenvalue weighted by molar-refractivity contribution is -0.135. The van der Waals surface area contributed by atoms with Crippen molar-refractivity contribution < 1.29 is 28.2 Å². The predicted octanol–water partition coefficient (Wildman–Crippen LogP) is -0.636. The number of sulfonamides is 1. The molecule has 0 aromatic heterocycles. The van der Waals surface area contributed by atoms with E-state index in [-0.39, 0.29) is 18.5 Å². The summed E-state index contributed by atoms with van der Waals surface area (Å²) in [5, 5.41) is 17.0. The Kier molecular flexibility index (Phi) is 5.12. The van der Waals surface area contributed by atoms with Gasteiger partial charge in [-0.15, -0.1) is 0 Å². The minimum atomic E-state index is -3.39. The third-order valence-electron chi connectivity index (χ3n) is 1.83. The van der Waals surface area contributed by atoms with Crippen LogP contribution in [0.4, 0.5) is 0 Å². The normalized spacial score (nSPS) is 12.8. The van der Waals surface area contributed by atoms with Crippen LogP contribution in [0.15, 0.2) is 11.6 Å².